The van der Waals surface area contributed by atoms with Crippen LogP contribution in [0.2, 0.25) is 0 Å². The smallest absolute Gasteiger partial charge is 0.322 e. The van der Waals surface area contributed by atoms with Crippen molar-refractivity contribution in [3.63, 3.8) is 0 Å². The fraction of sp³-hybridized carbons (Fsp3) is 0.889. The van der Waals surface area contributed by atoms with Gasteiger partial charge in [0, 0.05) is 0 Å². The molecule has 1 atom stereocenters. The van der Waals surface area contributed by atoms with Gasteiger partial charge in [0.25, 0.3) is 0 Å². The molecule has 2 N–H and O–H groups in total. The van der Waals surface area contributed by atoms with Gasteiger partial charge in [-0.25, -0.2) is 0 Å². The molecule has 70 valence electrons. The third-order valence-electron chi connectivity index (χ3n) is 2.21. The topological polar surface area (TPSA) is 52.3 Å². The lowest BCUT2D eigenvalue weighted by atomic mass is 10.1. The van der Waals surface area contributed by atoms with Crippen molar-refractivity contribution >= 4 is 5.97 Å². The molecular weight excluding hydrogens is 154 g/mol. The van der Waals surface area contributed by atoms with Gasteiger partial charge in [-0.1, -0.05) is 25.7 Å². The van der Waals surface area contributed by atoms with Crippen molar-refractivity contribution < 1.29 is 9.53 Å². The molecule has 1 heterocycles. The summed E-state index contributed by atoms with van der Waals surface area (Å²) in [5.74, 6) is -0.225. The average Bonchev–Trinajstić information content (AvgIpc) is 2.08. The molecular formula is C9H17NO2. The summed E-state index contributed by atoms with van der Waals surface area (Å²) in [6.45, 7) is 0.548. The van der Waals surface area contributed by atoms with Crippen molar-refractivity contribution in [3.8, 4) is 0 Å². The number of hydrogen-bond acceptors (Lipinski definition) is 3. The van der Waals surface area contributed by atoms with Gasteiger partial charge < -0.3 is 10.5 Å². The highest BCUT2D eigenvalue weighted by Crippen LogP contribution is 2.09. The van der Waals surface area contributed by atoms with Crippen LogP contribution in [0.4, 0.5) is 0 Å². The molecule has 1 aliphatic heterocycles. The summed E-state index contributed by atoms with van der Waals surface area (Å²) in [5.41, 5.74) is 5.59. The maximum Gasteiger partial charge on any atom is 0.322 e. The Kier molecular flexibility index (Phi) is 4.08. The van der Waals surface area contributed by atoms with Crippen LogP contribution >= 0.6 is 0 Å². The minimum atomic E-state index is -0.386. The summed E-state index contributed by atoms with van der Waals surface area (Å²) in [4.78, 5) is 11.1. The third kappa shape index (κ3) is 3.22. The summed E-state index contributed by atoms with van der Waals surface area (Å²) in [6.07, 6.45) is 6.42. The number of cyclic esters (lactones) is 1. The second-order valence-electron chi connectivity index (χ2n) is 3.33. The zero-order chi connectivity index (χ0) is 8.81. The molecule has 1 unspecified atom stereocenters. The van der Waals surface area contributed by atoms with Crippen LogP contribution < -0.4 is 5.73 Å². The minimum Gasteiger partial charge on any atom is -0.465 e. The van der Waals surface area contributed by atoms with E-state index in [0.717, 1.165) is 19.3 Å². The summed E-state index contributed by atoms with van der Waals surface area (Å²) < 4.78 is 4.97. The van der Waals surface area contributed by atoms with E-state index in [9.17, 15) is 4.79 Å². The highest BCUT2D eigenvalue weighted by molar-refractivity contribution is 5.75. The Labute approximate surface area is 73.3 Å². The molecule has 1 rings (SSSR count). The van der Waals surface area contributed by atoms with Gasteiger partial charge in [0.05, 0.1) is 6.61 Å². The molecule has 0 spiro atoms. The van der Waals surface area contributed by atoms with Gasteiger partial charge in [0.15, 0.2) is 0 Å². The van der Waals surface area contributed by atoms with Crippen LogP contribution in [-0.2, 0) is 9.53 Å². The average molecular weight is 171 g/mol. The van der Waals surface area contributed by atoms with Crippen LogP contribution in [0.25, 0.3) is 0 Å². The lowest BCUT2D eigenvalue weighted by molar-refractivity contribution is -0.145. The highest BCUT2D eigenvalue weighted by atomic mass is 16.5. The number of rotatable bonds is 0. The Balaban J connectivity index is 2.31. The van der Waals surface area contributed by atoms with Crippen LogP contribution in [0.5, 0.6) is 0 Å². The van der Waals surface area contributed by atoms with E-state index >= 15 is 0 Å². The second-order valence-corrected chi connectivity index (χ2v) is 3.33. The largest absolute Gasteiger partial charge is 0.465 e. The highest BCUT2D eigenvalue weighted by Gasteiger charge is 2.14. The standard InChI is InChI=1S/C9H17NO2/c10-8-6-4-2-1-3-5-7-12-9(8)11/h8H,1-7,10H2. The molecule has 0 aromatic heterocycles. The van der Waals surface area contributed by atoms with E-state index < -0.39 is 0 Å². The number of hydrogen-bond donors (Lipinski definition) is 1. The monoisotopic (exact) mass is 171 g/mol. The van der Waals surface area contributed by atoms with E-state index in [0.29, 0.717) is 6.61 Å². The van der Waals surface area contributed by atoms with Crippen molar-refractivity contribution in [3.05, 3.63) is 0 Å². The van der Waals surface area contributed by atoms with Gasteiger partial charge in [-0.2, -0.15) is 0 Å². The fourth-order valence-electron chi connectivity index (χ4n) is 1.39. The van der Waals surface area contributed by atoms with Crippen molar-refractivity contribution in [1.29, 1.82) is 0 Å². The van der Waals surface area contributed by atoms with Crippen molar-refractivity contribution in [2.45, 2.75) is 44.6 Å². The van der Waals surface area contributed by atoms with Crippen LogP contribution in [0, 0.1) is 0 Å². The molecule has 1 fully saturated rings. The Morgan fingerprint density at radius 1 is 1.17 bits per heavy atom. The minimum absolute atomic E-state index is 0.225. The normalized spacial score (nSPS) is 27.8. The predicted molar refractivity (Wildman–Crippen MR) is 46.6 cm³/mol. The number of nitrogens with two attached hydrogens (primary N) is 1. The van der Waals surface area contributed by atoms with Crippen molar-refractivity contribution in [2.75, 3.05) is 6.61 Å². The summed E-state index contributed by atoms with van der Waals surface area (Å²) in [7, 11) is 0. The molecule has 1 aliphatic rings. The van der Waals surface area contributed by atoms with Gasteiger partial charge in [-0.05, 0) is 12.8 Å². The van der Waals surface area contributed by atoms with Gasteiger partial charge in [0.1, 0.15) is 6.04 Å². The predicted octanol–water partition coefficient (Wildman–Crippen LogP) is 1.21. The fourth-order valence-corrected chi connectivity index (χ4v) is 1.39. The first-order chi connectivity index (χ1) is 5.80. The molecule has 0 aromatic rings. The summed E-state index contributed by atoms with van der Waals surface area (Å²) in [6, 6.07) is -0.386. The van der Waals surface area contributed by atoms with E-state index in [1.165, 1.54) is 19.3 Å². The van der Waals surface area contributed by atoms with Gasteiger partial charge in [0.2, 0.25) is 0 Å². The van der Waals surface area contributed by atoms with Crippen LogP contribution in [-0.4, -0.2) is 18.6 Å². The molecule has 0 bridgehead atoms. The second kappa shape index (κ2) is 5.14. The van der Waals surface area contributed by atoms with E-state index in [4.69, 9.17) is 10.5 Å². The Bertz CT molecular complexity index is 147. The molecule has 0 radical (unpaired) electrons. The first-order valence-corrected chi connectivity index (χ1v) is 4.73. The van der Waals surface area contributed by atoms with E-state index in [2.05, 4.69) is 0 Å². The molecule has 0 amide bonds. The van der Waals surface area contributed by atoms with E-state index in [1.54, 1.807) is 0 Å². The summed E-state index contributed by atoms with van der Waals surface area (Å²) >= 11 is 0. The molecule has 12 heavy (non-hydrogen) atoms. The Morgan fingerprint density at radius 3 is 2.67 bits per heavy atom. The zero-order valence-corrected chi connectivity index (χ0v) is 7.42. The van der Waals surface area contributed by atoms with Crippen LogP contribution in [0.3, 0.4) is 0 Å². The van der Waals surface area contributed by atoms with Crippen LogP contribution in [0.15, 0.2) is 0 Å². The molecule has 0 aliphatic carbocycles. The quantitative estimate of drug-likeness (QED) is 0.557. The Hall–Kier alpha value is -0.570. The maximum atomic E-state index is 11.1. The maximum absolute atomic E-state index is 11.1. The Morgan fingerprint density at radius 2 is 1.83 bits per heavy atom. The SMILES string of the molecule is NC1CCCCCCCOC1=O. The first-order valence-electron chi connectivity index (χ1n) is 4.73. The van der Waals surface area contributed by atoms with Gasteiger partial charge in [-0.15, -0.1) is 0 Å². The zero-order valence-electron chi connectivity index (χ0n) is 7.42. The molecule has 0 saturated carbocycles. The lowest BCUT2D eigenvalue weighted by Gasteiger charge is -2.13. The van der Waals surface area contributed by atoms with E-state index in [1.807, 2.05) is 0 Å². The molecule has 3 heteroatoms. The summed E-state index contributed by atoms with van der Waals surface area (Å²) in [5, 5.41) is 0. The number of carbonyl (C=O) groups is 1. The van der Waals surface area contributed by atoms with E-state index in [-0.39, 0.29) is 12.0 Å². The lowest BCUT2D eigenvalue weighted by Crippen LogP contribution is -2.32. The molecule has 3 nitrogen and oxygen atoms in total. The third-order valence-corrected chi connectivity index (χ3v) is 2.21. The molecule has 1 saturated heterocycles. The number of esters is 1. The molecule has 0 aromatic carbocycles. The number of carbonyl (C=O) groups excluding carboxylic acids is 1. The van der Waals surface area contributed by atoms with Crippen molar-refractivity contribution in [2.24, 2.45) is 5.73 Å². The van der Waals surface area contributed by atoms with Gasteiger partial charge >= 0.3 is 5.97 Å². The van der Waals surface area contributed by atoms with Crippen molar-refractivity contribution in [1.82, 2.24) is 0 Å². The van der Waals surface area contributed by atoms with Crippen LogP contribution in [0.1, 0.15) is 38.5 Å². The number of ether oxygens (including phenoxy) is 1. The van der Waals surface area contributed by atoms with Gasteiger partial charge in [-0.3, -0.25) is 4.79 Å². The first kappa shape index (κ1) is 9.52.